The van der Waals surface area contributed by atoms with Crippen molar-refractivity contribution in [1.82, 2.24) is 5.32 Å². The van der Waals surface area contributed by atoms with E-state index in [0.29, 0.717) is 22.2 Å². The summed E-state index contributed by atoms with van der Waals surface area (Å²) in [5.41, 5.74) is -0.997. The van der Waals surface area contributed by atoms with Crippen LogP contribution < -0.4 is 10.1 Å². The van der Waals surface area contributed by atoms with E-state index in [2.05, 4.69) is 5.32 Å². The Morgan fingerprint density at radius 3 is 2.62 bits per heavy atom. The van der Waals surface area contributed by atoms with Crippen LogP contribution in [0.25, 0.3) is 0 Å². The SMILES string of the molecule is CCC(C)(CNC(=O)COc1cc(Cl)ccc1Cl)C(=O)O. The molecule has 2 N–H and O–H groups in total. The van der Waals surface area contributed by atoms with Crippen LogP contribution in [0.2, 0.25) is 10.0 Å². The van der Waals surface area contributed by atoms with Crippen LogP contribution in [0.5, 0.6) is 5.75 Å². The second-order valence-electron chi connectivity index (χ2n) is 4.86. The van der Waals surface area contributed by atoms with Crippen molar-refractivity contribution in [3.8, 4) is 5.75 Å². The van der Waals surface area contributed by atoms with Gasteiger partial charge in [-0.2, -0.15) is 0 Å². The average Bonchev–Trinajstić information content (AvgIpc) is 2.45. The van der Waals surface area contributed by atoms with E-state index in [1.165, 1.54) is 6.07 Å². The van der Waals surface area contributed by atoms with Gasteiger partial charge in [-0.25, -0.2) is 0 Å². The van der Waals surface area contributed by atoms with E-state index < -0.39 is 17.3 Å². The Hall–Kier alpha value is -1.46. The smallest absolute Gasteiger partial charge is 0.311 e. The molecule has 1 aromatic carbocycles. The minimum atomic E-state index is -0.997. The van der Waals surface area contributed by atoms with Crippen LogP contribution >= 0.6 is 23.2 Å². The van der Waals surface area contributed by atoms with Gasteiger partial charge in [-0.15, -0.1) is 0 Å². The molecule has 1 atom stereocenters. The fourth-order valence-corrected chi connectivity index (χ4v) is 1.76. The molecule has 0 bridgehead atoms. The fraction of sp³-hybridized carbons (Fsp3) is 0.429. The Kier molecular flexibility index (Phi) is 6.30. The maximum atomic E-state index is 11.7. The van der Waals surface area contributed by atoms with E-state index >= 15 is 0 Å². The number of amides is 1. The summed E-state index contributed by atoms with van der Waals surface area (Å²) in [4.78, 5) is 22.8. The molecule has 0 aromatic heterocycles. The quantitative estimate of drug-likeness (QED) is 0.804. The summed E-state index contributed by atoms with van der Waals surface area (Å²) in [6.45, 7) is 3.09. The number of carboxylic acids is 1. The van der Waals surface area contributed by atoms with Gasteiger partial charge in [-0.3, -0.25) is 9.59 Å². The van der Waals surface area contributed by atoms with Crippen LogP contribution in [0.1, 0.15) is 20.3 Å². The van der Waals surface area contributed by atoms with Gasteiger partial charge in [0, 0.05) is 17.6 Å². The molecule has 0 saturated carbocycles. The number of carbonyl (C=O) groups excluding carboxylic acids is 1. The zero-order valence-corrected chi connectivity index (χ0v) is 13.3. The largest absolute Gasteiger partial charge is 0.482 e. The molecular weight excluding hydrogens is 317 g/mol. The zero-order chi connectivity index (χ0) is 16.0. The first-order valence-electron chi connectivity index (χ1n) is 6.36. The summed E-state index contributed by atoms with van der Waals surface area (Å²) in [7, 11) is 0. The number of nitrogens with one attached hydrogen (secondary N) is 1. The van der Waals surface area contributed by atoms with Crippen molar-refractivity contribution >= 4 is 35.1 Å². The number of halogens is 2. The minimum absolute atomic E-state index is 0.0320. The van der Waals surface area contributed by atoms with Crippen molar-refractivity contribution in [3.05, 3.63) is 28.2 Å². The lowest BCUT2D eigenvalue weighted by Gasteiger charge is -2.23. The summed E-state index contributed by atoms with van der Waals surface area (Å²) in [5, 5.41) is 12.4. The predicted octanol–water partition coefficient (Wildman–Crippen LogP) is 2.99. The third-order valence-electron chi connectivity index (χ3n) is 3.22. The molecule has 0 aliphatic carbocycles. The summed E-state index contributed by atoms with van der Waals surface area (Å²) >= 11 is 11.7. The Balaban J connectivity index is 2.51. The zero-order valence-electron chi connectivity index (χ0n) is 11.8. The third-order valence-corrected chi connectivity index (χ3v) is 3.77. The number of carbonyl (C=O) groups is 2. The Morgan fingerprint density at radius 1 is 1.38 bits per heavy atom. The van der Waals surface area contributed by atoms with Crippen LogP contribution in [0.4, 0.5) is 0 Å². The van der Waals surface area contributed by atoms with Crippen molar-refractivity contribution in [2.75, 3.05) is 13.2 Å². The van der Waals surface area contributed by atoms with Crippen LogP contribution in [0.3, 0.4) is 0 Å². The van der Waals surface area contributed by atoms with Crippen molar-refractivity contribution in [3.63, 3.8) is 0 Å². The van der Waals surface area contributed by atoms with Crippen molar-refractivity contribution in [2.45, 2.75) is 20.3 Å². The van der Waals surface area contributed by atoms with Gasteiger partial charge in [0.05, 0.1) is 10.4 Å². The number of hydrogen-bond donors (Lipinski definition) is 2. The van der Waals surface area contributed by atoms with E-state index in [1.54, 1.807) is 26.0 Å². The monoisotopic (exact) mass is 333 g/mol. The first-order chi connectivity index (χ1) is 9.78. The molecule has 1 aromatic rings. The lowest BCUT2D eigenvalue weighted by Crippen LogP contribution is -2.42. The van der Waals surface area contributed by atoms with Gasteiger partial charge >= 0.3 is 5.97 Å². The topological polar surface area (TPSA) is 75.6 Å². The molecule has 7 heteroatoms. The maximum absolute atomic E-state index is 11.7. The van der Waals surface area contributed by atoms with E-state index in [1.807, 2.05) is 0 Å². The first-order valence-corrected chi connectivity index (χ1v) is 7.12. The van der Waals surface area contributed by atoms with Gasteiger partial charge in [0.2, 0.25) is 0 Å². The second kappa shape index (κ2) is 7.52. The minimum Gasteiger partial charge on any atom is -0.482 e. The second-order valence-corrected chi connectivity index (χ2v) is 5.70. The molecule has 0 radical (unpaired) electrons. The molecule has 5 nitrogen and oxygen atoms in total. The molecule has 116 valence electrons. The lowest BCUT2D eigenvalue weighted by molar-refractivity contribution is -0.148. The maximum Gasteiger partial charge on any atom is 0.311 e. The standard InChI is InChI=1S/C14H17Cl2NO4/c1-3-14(2,13(19)20)8-17-12(18)7-21-11-6-9(15)4-5-10(11)16/h4-6H,3,7-8H2,1-2H3,(H,17,18)(H,19,20). The van der Waals surface area contributed by atoms with Gasteiger partial charge < -0.3 is 15.2 Å². The molecule has 0 saturated heterocycles. The number of hydrogen-bond acceptors (Lipinski definition) is 3. The molecule has 0 aliphatic rings. The molecule has 21 heavy (non-hydrogen) atoms. The van der Waals surface area contributed by atoms with Gasteiger partial charge in [0.15, 0.2) is 6.61 Å². The van der Waals surface area contributed by atoms with E-state index in [9.17, 15) is 9.59 Å². The molecule has 0 fully saturated rings. The normalized spacial score (nSPS) is 13.3. The number of aliphatic carboxylic acids is 1. The van der Waals surface area contributed by atoms with Crippen molar-refractivity contribution in [1.29, 1.82) is 0 Å². The Bertz CT molecular complexity index is 536. The van der Waals surface area contributed by atoms with E-state index in [4.69, 9.17) is 33.0 Å². The highest BCUT2D eigenvalue weighted by Gasteiger charge is 2.31. The van der Waals surface area contributed by atoms with Crippen LogP contribution in [0, 0.1) is 5.41 Å². The number of benzene rings is 1. The van der Waals surface area contributed by atoms with Gasteiger partial charge in [0.1, 0.15) is 5.75 Å². The van der Waals surface area contributed by atoms with Gasteiger partial charge in [-0.05, 0) is 25.5 Å². The molecule has 0 spiro atoms. The summed E-state index contributed by atoms with van der Waals surface area (Å²) in [5.74, 6) is -1.08. The highest BCUT2D eigenvalue weighted by atomic mass is 35.5. The number of carboxylic acid groups (broad SMARTS) is 1. The Morgan fingerprint density at radius 2 is 2.05 bits per heavy atom. The van der Waals surface area contributed by atoms with Crippen LogP contribution in [-0.4, -0.2) is 30.1 Å². The van der Waals surface area contributed by atoms with Gasteiger partial charge in [0.25, 0.3) is 5.91 Å². The van der Waals surface area contributed by atoms with Crippen LogP contribution in [-0.2, 0) is 9.59 Å². The highest BCUT2D eigenvalue weighted by Crippen LogP contribution is 2.27. The number of ether oxygens (including phenoxy) is 1. The lowest BCUT2D eigenvalue weighted by atomic mass is 9.88. The molecular formula is C14H17Cl2NO4. The molecule has 1 rings (SSSR count). The van der Waals surface area contributed by atoms with Crippen molar-refractivity contribution in [2.24, 2.45) is 5.41 Å². The van der Waals surface area contributed by atoms with Crippen LogP contribution in [0.15, 0.2) is 18.2 Å². The molecule has 1 amide bonds. The highest BCUT2D eigenvalue weighted by molar-refractivity contribution is 6.34. The van der Waals surface area contributed by atoms with Crippen molar-refractivity contribution < 1.29 is 19.4 Å². The molecule has 1 unspecified atom stereocenters. The summed E-state index contributed by atoms with van der Waals surface area (Å²) in [6, 6.07) is 4.68. The predicted molar refractivity (Wildman–Crippen MR) is 81.0 cm³/mol. The average molecular weight is 334 g/mol. The molecule has 0 heterocycles. The summed E-state index contributed by atoms with van der Waals surface area (Å²) in [6.07, 6.45) is 0.406. The fourth-order valence-electron chi connectivity index (χ4n) is 1.43. The number of rotatable bonds is 7. The Labute approximate surface area is 133 Å². The first kappa shape index (κ1) is 17.6. The third kappa shape index (κ3) is 5.10. The van der Waals surface area contributed by atoms with E-state index in [-0.39, 0.29) is 13.2 Å². The summed E-state index contributed by atoms with van der Waals surface area (Å²) < 4.78 is 5.26. The molecule has 0 aliphatic heterocycles. The van der Waals surface area contributed by atoms with E-state index in [0.717, 1.165) is 0 Å². The van der Waals surface area contributed by atoms with Gasteiger partial charge in [-0.1, -0.05) is 30.1 Å².